The van der Waals surface area contributed by atoms with Gasteiger partial charge in [-0.3, -0.25) is 4.68 Å². The molecular formula is C13H21N5O. The van der Waals surface area contributed by atoms with Crippen molar-refractivity contribution in [2.24, 2.45) is 12.8 Å². The van der Waals surface area contributed by atoms with E-state index in [-0.39, 0.29) is 6.04 Å². The number of hydrogen-bond donors (Lipinski definition) is 2. The van der Waals surface area contributed by atoms with E-state index in [1.165, 1.54) is 0 Å². The van der Waals surface area contributed by atoms with Crippen LogP contribution in [-0.2, 0) is 11.8 Å². The number of aryl methyl sites for hydroxylation is 2. The van der Waals surface area contributed by atoms with E-state index in [9.17, 15) is 0 Å². The van der Waals surface area contributed by atoms with E-state index in [0.717, 1.165) is 34.9 Å². The zero-order valence-electron chi connectivity index (χ0n) is 11.9. The van der Waals surface area contributed by atoms with Crippen molar-refractivity contribution in [3.63, 3.8) is 0 Å². The van der Waals surface area contributed by atoms with Crippen molar-refractivity contribution in [1.29, 1.82) is 0 Å². The molecule has 0 amide bonds. The standard InChI is InChI=1S/C13H21N5O/c1-8-12(9(2)18(3)17-8)11-7-15-13(16-11)10(14)5-6-19-4/h7,10H,5-6,14H2,1-4H3,(H,15,16). The van der Waals surface area contributed by atoms with Gasteiger partial charge in [0.2, 0.25) is 0 Å². The van der Waals surface area contributed by atoms with Crippen molar-refractivity contribution >= 4 is 0 Å². The third kappa shape index (κ3) is 2.69. The summed E-state index contributed by atoms with van der Waals surface area (Å²) in [6, 6.07) is -0.133. The number of methoxy groups -OCH3 is 1. The fraction of sp³-hybridized carbons (Fsp3) is 0.538. The Kier molecular flexibility index (Phi) is 4.01. The number of nitrogens with zero attached hydrogens (tertiary/aromatic N) is 3. The Hall–Kier alpha value is -1.66. The fourth-order valence-electron chi connectivity index (χ4n) is 2.20. The van der Waals surface area contributed by atoms with Crippen molar-refractivity contribution in [2.45, 2.75) is 26.3 Å². The Bertz CT molecular complexity index is 557. The number of aromatic nitrogens is 4. The van der Waals surface area contributed by atoms with E-state index in [4.69, 9.17) is 10.5 Å². The second kappa shape index (κ2) is 5.54. The first kappa shape index (κ1) is 13.8. The van der Waals surface area contributed by atoms with Crippen LogP contribution in [0, 0.1) is 13.8 Å². The van der Waals surface area contributed by atoms with Crippen molar-refractivity contribution in [3.8, 4) is 11.3 Å². The average molecular weight is 263 g/mol. The lowest BCUT2D eigenvalue weighted by Crippen LogP contribution is -2.14. The van der Waals surface area contributed by atoms with Gasteiger partial charge in [0.15, 0.2) is 0 Å². The highest BCUT2D eigenvalue weighted by molar-refractivity contribution is 5.64. The number of nitrogens with one attached hydrogen (secondary N) is 1. The predicted octanol–water partition coefficient (Wildman–Crippen LogP) is 1.46. The summed E-state index contributed by atoms with van der Waals surface area (Å²) in [7, 11) is 3.61. The molecule has 2 heterocycles. The maximum absolute atomic E-state index is 6.06. The summed E-state index contributed by atoms with van der Waals surface area (Å²) in [6.45, 7) is 4.66. The Morgan fingerprint density at radius 1 is 1.47 bits per heavy atom. The van der Waals surface area contributed by atoms with Crippen LogP contribution in [0.3, 0.4) is 0 Å². The van der Waals surface area contributed by atoms with Crippen molar-refractivity contribution < 1.29 is 4.74 Å². The summed E-state index contributed by atoms with van der Waals surface area (Å²) in [5, 5.41) is 4.41. The fourth-order valence-corrected chi connectivity index (χ4v) is 2.20. The van der Waals surface area contributed by atoms with Gasteiger partial charge < -0.3 is 15.5 Å². The Balaban J connectivity index is 2.25. The maximum atomic E-state index is 6.06. The van der Waals surface area contributed by atoms with Crippen LogP contribution in [0.4, 0.5) is 0 Å². The molecule has 19 heavy (non-hydrogen) atoms. The number of hydrogen-bond acceptors (Lipinski definition) is 4. The second-order valence-corrected chi connectivity index (χ2v) is 4.74. The molecule has 0 spiro atoms. The van der Waals surface area contributed by atoms with Crippen LogP contribution in [0.1, 0.15) is 29.7 Å². The van der Waals surface area contributed by atoms with Crippen LogP contribution < -0.4 is 5.73 Å². The molecule has 0 radical (unpaired) electrons. The van der Waals surface area contributed by atoms with E-state index in [0.29, 0.717) is 6.61 Å². The molecule has 2 aromatic rings. The lowest BCUT2D eigenvalue weighted by molar-refractivity contribution is 0.187. The Morgan fingerprint density at radius 2 is 2.21 bits per heavy atom. The van der Waals surface area contributed by atoms with Crippen LogP contribution in [0.2, 0.25) is 0 Å². The first-order valence-electron chi connectivity index (χ1n) is 6.34. The Labute approximate surface area is 113 Å². The number of rotatable bonds is 5. The van der Waals surface area contributed by atoms with Gasteiger partial charge in [-0.15, -0.1) is 0 Å². The molecule has 6 nitrogen and oxygen atoms in total. The quantitative estimate of drug-likeness (QED) is 0.855. The topological polar surface area (TPSA) is 81.8 Å². The van der Waals surface area contributed by atoms with Gasteiger partial charge in [0.05, 0.1) is 23.6 Å². The van der Waals surface area contributed by atoms with Crippen molar-refractivity contribution in [2.75, 3.05) is 13.7 Å². The Morgan fingerprint density at radius 3 is 2.79 bits per heavy atom. The van der Waals surface area contributed by atoms with Gasteiger partial charge in [-0.2, -0.15) is 5.10 Å². The molecule has 3 N–H and O–H groups in total. The summed E-state index contributed by atoms with van der Waals surface area (Å²) >= 11 is 0. The normalized spacial score (nSPS) is 12.9. The van der Waals surface area contributed by atoms with E-state index < -0.39 is 0 Å². The highest BCUT2D eigenvalue weighted by Gasteiger charge is 2.16. The minimum Gasteiger partial charge on any atom is -0.385 e. The molecule has 1 atom stereocenters. The summed E-state index contributed by atoms with van der Waals surface area (Å²) in [6.07, 6.45) is 2.56. The summed E-state index contributed by atoms with van der Waals surface area (Å²) in [4.78, 5) is 7.65. The third-order valence-electron chi connectivity index (χ3n) is 3.36. The molecule has 0 aromatic carbocycles. The number of ether oxygens (including phenoxy) is 1. The van der Waals surface area contributed by atoms with Gasteiger partial charge in [0.1, 0.15) is 5.82 Å². The molecule has 2 aromatic heterocycles. The number of H-pyrrole nitrogens is 1. The minimum atomic E-state index is -0.133. The number of aromatic amines is 1. The first-order valence-corrected chi connectivity index (χ1v) is 6.34. The van der Waals surface area contributed by atoms with E-state index in [2.05, 4.69) is 15.1 Å². The molecule has 0 aliphatic rings. The lowest BCUT2D eigenvalue weighted by Gasteiger charge is -2.07. The second-order valence-electron chi connectivity index (χ2n) is 4.74. The SMILES string of the molecule is COCCC(N)c1ncc(-c2c(C)nn(C)c2C)[nH]1. The minimum absolute atomic E-state index is 0.133. The zero-order chi connectivity index (χ0) is 14.0. The van der Waals surface area contributed by atoms with Crippen LogP contribution in [-0.4, -0.2) is 33.5 Å². The molecule has 2 rings (SSSR count). The van der Waals surface area contributed by atoms with Gasteiger partial charge in [0, 0.05) is 32.0 Å². The van der Waals surface area contributed by atoms with Crippen molar-refractivity contribution in [3.05, 3.63) is 23.4 Å². The maximum Gasteiger partial charge on any atom is 0.123 e. The zero-order valence-corrected chi connectivity index (χ0v) is 11.9. The van der Waals surface area contributed by atoms with Crippen LogP contribution >= 0.6 is 0 Å². The molecule has 0 aliphatic heterocycles. The van der Waals surface area contributed by atoms with Crippen LogP contribution in [0.5, 0.6) is 0 Å². The molecule has 0 saturated heterocycles. The molecule has 0 bridgehead atoms. The molecular weight excluding hydrogens is 242 g/mol. The molecule has 1 unspecified atom stereocenters. The largest absolute Gasteiger partial charge is 0.385 e. The molecule has 6 heteroatoms. The number of nitrogens with two attached hydrogens (primary N) is 1. The van der Waals surface area contributed by atoms with E-state index in [1.807, 2.05) is 31.8 Å². The van der Waals surface area contributed by atoms with Gasteiger partial charge in [-0.05, 0) is 20.3 Å². The summed E-state index contributed by atoms with van der Waals surface area (Å²) in [5.74, 6) is 0.787. The first-order chi connectivity index (χ1) is 9.04. The number of imidazole rings is 1. The van der Waals surface area contributed by atoms with Crippen LogP contribution in [0.25, 0.3) is 11.3 Å². The van der Waals surface area contributed by atoms with Crippen molar-refractivity contribution in [1.82, 2.24) is 19.7 Å². The molecule has 0 fully saturated rings. The smallest absolute Gasteiger partial charge is 0.123 e. The highest BCUT2D eigenvalue weighted by atomic mass is 16.5. The third-order valence-corrected chi connectivity index (χ3v) is 3.36. The molecule has 0 saturated carbocycles. The van der Waals surface area contributed by atoms with Crippen LogP contribution in [0.15, 0.2) is 6.20 Å². The summed E-state index contributed by atoms with van der Waals surface area (Å²) in [5.41, 5.74) is 10.2. The van der Waals surface area contributed by atoms with Gasteiger partial charge in [0.25, 0.3) is 0 Å². The van der Waals surface area contributed by atoms with E-state index in [1.54, 1.807) is 7.11 Å². The van der Waals surface area contributed by atoms with Gasteiger partial charge >= 0.3 is 0 Å². The molecule has 104 valence electrons. The predicted molar refractivity (Wildman–Crippen MR) is 73.7 cm³/mol. The average Bonchev–Trinajstić information content (AvgIpc) is 2.93. The summed E-state index contributed by atoms with van der Waals surface area (Å²) < 4.78 is 6.90. The monoisotopic (exact) mass is 263 g/mol. The van der Waals surface area contributed by atoms with Gasteiger partial charge in [-0.25, -0.2) is 4.98 Å². The van der Waals surface area contributed by atoms with E-state index >= 15 is 0 Å². The highest BCUT2D eigenvalue weighted by Crippen LogP contribution is 2.25. The lowest BCUT2D eigenvalue weighted by atomic mass is 10.1. The molecule has 0 aliphatic carbocycles. The van der Waals surface area contributed by atoms with Gasteiger partial charge in [-0.1, -0.05) is 0 Å².